The fraction of sp³-hybridized carbons (Fsp3) is 0.429. The number of rotatable bonds is 4. The van der Waals surface area contributed by atoms with Crippen molar-refractivity contribution in [3.63, 3.8) is 0 Å². The quantitative estimate of drug-likeness (QED) is 0.727. The highest BCUT2D eigenvalue weighted by molar-refractivity contribution is 14.1. The predicted molar refractivity (Wildman–Crippen MR) is 92.9 cm³/mol. The van der Waals surface area contributed by atoms with Crippen LogP contribution < -0.4 is 0 Å². The molecule has 1 aromatic carbocycles. The van der Waals surface area contributed by atoms with E-state index in [1.807, 2.05) is 6.92 Å². The van der Waals surface area contributed by atoms with Gasteiger partial charge in [-0.3, -0.25) is 4.79 Å². The SMILES string of the molecule is CCCC1SCC(C(=O)O)N1C(=O)c1cc(Cl)ccc1I. The van der Waals surface area contributed by atoms with Crippen LogP contribution in [0, 0.1) is 3.57 Å². The standard InChI is InChI=1S/C14H15ClINO3S/c1-2-3-12-17(11(7-21-12)14(19)20)13(18)9-6-8(15)4-5-10(9)16/h4-6,11-12H,2-3,7H2,1H3,(H,19,20). The van der Waals surface area contributed by atoms with Crippen LogP contribution in [0.15, 0.2) is 18.2 Å². The summed E-state index contributed by atoms with van der Waals surface area (Å²) in [7, 11) is 0. The molecule has 1 saturated heterocycles. The fourth-order valence-corrected chi connectivity index (χ4v) is 4.55. The van der Waals surface area contributed by atoms with Gasteiger partial charge in [0.15, 0.2) is 0 Å². The lowest BCUT2D eigenvalue weighted by molar-refractivity contribution is -0.141. The van der Waals surface area contributed by atoms with Gasteiger partial charge in [-0.25, -0.2) is 4.79 Å². The van der Waals surface area contributed by atoms with Crippen molar-refractivity contribution in [1.29, 1.82) is 0 Å². The summed E-state index contributed by atoms with van der Waals surface area (Å²) in [6.07, 6.45) is 1.69. The minimum Gasteiger partial charge on any atom is -0.480 e. The molecule has 1 heterocycles. The van der Waals surface area contributed by atoms with Gasteiger partial charge in [-0.2, -0.15) is 0 Å². The zero-order chi connectivity index (χ0) is 15.6. The first kappa shape index (κ1) is 16.9. The fourth-order valence-electron chi connectivity index (χ4n) is 2.30. The van der Waals surface area contributed by atoms with Crippen molar-refractivity contribution in [3.8, 4) is 0 Å². The van der Waals surface area contributed by atoms with E-state index in [0.29, 0.717) is 16.3 Å². The number of aliphatic carboxylic acids is 1. The van der Waals surface area contributed by atoms with Gasteiger partial charge in [0.05, 0.1) is 10.9 Å². The second kappa shape index (κ2) is 7.19. The Morgan fingerprint density at radius 3 is 2.86 bits per heavy atom. The van der Waals surface area contributed by atoms with E-state index in [1.165, 1.54) is 16.7 Å². The van der Waals surface area contributed by atoms with E-state index in [4.69, 9.17) is 11.6 Å². The molecule has 1 fully saturated rings. The van der Waals surface area contributed by atoms with Gasteiger partial charge in [-0.1, -0.05) is 24.9 Å². The van der Waals surface area contributed by atoms with Crippen LogP contribution in [0.1, 0.15) is 30.1 Å². The van der Waals surface area contributed by atoms with E-state index in [-0.39, 0.29) is 11.3 Å². The van der Waals surface area contributed by atoms with Crippen LogP contribution in [0.4, 0.5) is 0 Å². The predicted octanol–water partition coefficient (Wildman–Crippen LogP) is 3.71. The molecule has 0 aromatic heterocycles. The number of carbonyl (C=O) groups is 2. The molecule has 0 saturated carbocycles. The number of benzene rings is 1. The molecule has 2 unspecified atom stereocenters. The van der Waals surface area contributed by atoms with Crippen LogP contribution in [-0.4, -0.2) is 39.1 Å². The second-order valence-electron chi connectivity index (χ2n) is 4.77. The molecule has 7 heteroatoms. The topological polar surface area (TPSA) is 57.6 Å². The van der Waals surface area contributed by atoms with E-state index in [2.05, 4.69) is 22.6 Å². The molecule has 0 spiro atoms. The van der Waals surface area contributed by atoms with Crippen molar-refractivity contribution in [2.45, 2.75) is 31.2 Å². The zero-order valence-electron chi connectivity index (χ0n) is 11.4. The molecule has 0 aliphatic carbocycles. The minimum absolute atomic E-state index is 0.0848. The van der Waals surface area contributed by atoms with Crippen LogP contribution >= 0.6 is 46.0 Å². The number of amides is 1. The monoisotopic (exact) mass is 439 g/mol. The van der Waals surface area contributed by atoms with Gasteiger partial charge in [0, 0.05) is 14.3 Å². The van der Waals surface area contributed by atoms with Crippen LogP contribution in [0.2, 0.25) is 5.02 Å². The number of halogens is 2. The van der Waals surface area contributed by atoms with Gasteiger partial charge in [0.2, 0.25) is 0 Å². The summed E-state index contributed by atoms with van der Waals surface area (Å²) in [6, 6.07) is 4.33. The average Bonchev–Trinajstić information content (AvgIpc) is 2.85. The number of thioether (sulfide) groups is 1. The number of nitrogens with zero attached hydrogens (tertiary/aromatic N) is 1. The molecule has 1 aliphatic rings. The molecule has 0 bridgehead atoms. The largest absolute Gasteiger partial charge is 0.480 e. The van der Waals surface area contributed by atoms with Crippen molar-refractivity contribution in [2.75, 3.05) is 5.75 Å². The van der Waals surface area contributed by atoms with Crippen LogP contribution in [-0.2, 0) is 4.79 Å². The molecule has 1 aliphatic heterocycles. The Bertz CT molecular complexity index is 569. The van der Waals surface area contributed by atoms with Crippen molar-refractivity contribution in [3.05, 3.63) is 32.4 Å². The molecular formula is C14H15ClINO3S. The number of carboxylic acid groups (broad SMARTS) is 1. The molecule has 21 heavy (non-hydrogen) atoms. The Morgan fingerprint density at radius 1 is 1.52 bits per heavy atom. The first-order valence-corrected chi connectivity index (χ1v) is 9.08. The highest BCUT2D eigenvalue weighted by Gasteiger charge is 2.41. The van der Waals surface area contributed by atoms with E-state index in [1.54, 1.807) is 18.2 Å². The van der Waals surface area contributed by atoms with Crippen molar-refractivity contribution < 1.29 is 14.7 Å². The van der Waals surface area contributed by atoms with Crippen molar-refractivity contribution in [2.24, 2.45) is 0 Å². The molecule has 1 aromatic rings. The maximum atomic E-state index is 12.8. The highest BCUT2D eigenvalue weighted by Crippen LogP contribution is 2.34. The lowest BCUT2D eigenvalue weighted by Gasteiger charge is -2.27. The first-order chi connectivity index (χ1) is 9.95. The maximum Gasteiger partial charge on any atom is 0.327 e. The second-order valence-corrected chi connectivity index (χ2v) is 7.58. The van der Waals surface area contributed by atoms with Gasteiger partial charge < -0.3 is 10.0 Å². The number of hydrogen-bond acceptors (Lipinski definition) is 3. The third-order valence-electron chi connectivity index (χ3n) is 3.31. The summed E-state index contributed by atoms with van der Waals surface area (Å²) in [5.41, 5.74) is 0.470. The van der Waals surface area contributed by atoms with Gasteiger partial charge in [-0.15, -0.1) is 11.8 Å². The molecule has 2 atom stereocenters. The van der Waals surface area contributed by atoms with Gasteiger partial charge >= 0.3 is 5.97 Å². The average molecular weight is 440 g/mol. The number of carbonyl (C=O) groups excluding carboxylic acids is 1. The first-order valence-electron chi connectivity index (χ1n) is 6.57. The van der Waals surface area contributed by atoms with Gasteiger partial charge in [0.25, 0.3) is 5.91 Å². The molecule has 0 radical (unpaired) electrons. The number of carboxylic acids is 1. The Balaban J connectivity index is 2.36. The third kappa shape index (κ3) is 3.65. The van der Waals surface area contributed by atoms with Crippen LogP contribution in [0.5, 0.6) is 0 Å². The van der Waals surface area contributed by atoms with Crippen molar-refractivity contribution in [1.82, 2.24) is 4.90 Å². The summed E-state index contributed by atoms with van der Waals surface area (Å²) in [5, 5.41) is 9.75. The van der Waals surface area contributed by atoms with E-state index >= 15 is 0 Å². The summed E-state index contributed by atoms with van der Waals surface area (Å²) in [4.78, 5) is 25.7. The van der Waals surface area contributed by atoms with Gasteiger partial charge in [0.1, 0.15) is 6.04 Å². The molecule has 4 nitrogen and oxygen atoms in total. The third-order valence-corrected chi connectivity index (χ3v) is 5.84. The molecule has 1 N–H and O–H groups in total. The molecule has 2 rings (SSSR count). The molecule has 1 amide bonds. The lowest BCUT2D eigenvalue weighted by Crippen LogP contribution is -2.45. The Morgan fingerprint density at radius 2 is 2.24 bits per heavy atom. The maximum absolute atomic E-state index is 12.8. The zero-order valence-corrected chi connectivity index (χ0v) is 15.1. The molecule has 114 valence electrons. The normalized spacial score (nSPS) is 21.6. The van der Waals surface area contributed by atoms with E-state index in [0.717, 1.165) is 16.4 Å². The number of hydrogen-bond donors (Lipinski definition) is 1. The summed E-state index contributed by atoms with van der Waals surface area (Å²) in [5.74, 6) is -0.771. The van der Waals surface area contributed by atoms with Crippen LogP contribution in [0.25, 0.3) is 0 Å². The van der Waals surface area contributed by atoms with E-state index in [9.17, 15) is 14.7 Å². The minimum atomic E-state index is -0.952. The summed E-state index contributed by atoms with van der Waals surface area (Å²) in [6.45, 7) is 2.03. The Kier molecular flexibility index (Phi) is 5.79. The lowest BCUT2D eigenvalue weighted by atomic mass is 10.1. The van der Waals surface area contributed by atoms with E-state index < -0.39 is 12.0 Å². The highest BCUT2D eigenvalue weighted by atomic mass is 127. The summed E-state index contributed by atoms with van der Waals surface area (Å²) < 4.78 is 0.776. The van der Waals surface area contributed by atoms with Crippen molar-refractivity contribution >= 4 is 57.8 Å². The Labute approximate surface area is 146 Å². The smallest absolute Gasteiger partial charge is 0.327 e. The summed E-state index contributed by atoms with van der Waals surface area (Å²) >= 11 is 9.57. The molecular weight excluding hydrogens is 425 g/mol. The Hall–Kier alpha value is -0.470. The van der Waals surface area contributed by atoms with Crippen LogP contribution in [0.3, 0.4) is 0 Å². The van der Waals surface area contributed by atoms with Gasteiger partial charge in [-0.05, 0) is 47.2 Å².